The molecule has 2 aromatic heterocycles. The number of nitrogens with one attached hydrogen (secondary N) is 1. The topological polar surface area (TPSA) is 157 Å². The highest BCUT2D eigenvalue weighted by Crippen LogP contribution is 2.31. The van der Waals surface area contributed by atoms with Crippen molar-refractivity contribution in [2.24, 2.45) is 5.73 Å². The standard InChI is InChI=1S/C26H31N7O4S/c1-32(2)18-9-7-17(8-10-18)22(25(35)30-14-19-6-4-12-37-19)33(15-16-5-3-11-29-13-16)26(36)23-20(27)21(24(28)34)31-38-23/h3,5,7-11,13,19,22H,4,6,12,14-15,27H2,1-2H3,(H2,28,34)(H,30,35). The fourth-order valence-corrected chi connectivity index (χ4v) is 5.03. The lowest BCUT2D eigenvalue weighted by Crippen LogP contribution is -2.45. The van der Waals surface area contributed by atoms with Crippen molar-refractivity contribution in [1.29, 1.82) is 0 Å². The summed E-state index contributed by atoms with van der Waals surface area (Å²) < 4.78 is 9.65. The van der Waals surface area contributed by atoms with Crippen molar-refractivity contribution in [2.45, 2.75) is 31.5 Å². The summed E-state index contributed by atoms with van der Waals surface area (Å²) in [5, 5.41) is 2.97. The molecular weight excluding hydrogens is 506 g/mol. The van der Waals surface area contributed by atoms with Crippen LogP contribution >= 0.6 is 11.5 Å². The molecule has 1 aromatic carbocycles. The number of carbonyl (C=O) groups is 3. The fraction of sp³-hybridized carbons (Fsp3) is 0.346. The van der Waals surface area contributed by atoms with Crippen LogP contribution in [0.3, 0.4) is 0 Å². The fourth-order valence-electron chi connectivity index (χ4n) is 4.27. The van der Waals surface area contributed by atoms with Crippen molar-refractivity contribution in [3.05, 3.63) is 70.5 Å². The van der Waals surface area contributed by atoms with Crippen LogP contribution in [-0.4, -0.2) is 65.3 Å². The van der Waals surface area contributed by atoms with E-state index in [9.17, 15) is 14.4 Å². The van der Waals surface area contributed by atoms with Gasteiger partial charge >= 0.3 is 0 Å². The molecule has 5 N–H and O–H groups in total. The molecule has 2 unspecified atom stereocenters. The van der Waals surface area contributed by atoms with Gasteiger partial charge in [-0.05, 0) is 53.7 Å². The molecule has 1 saturated heterocycles. The molecule has 11 nitrogen and oxygen atoms in total. The second kappa shape index (κ2) is 12.0. The smallest absolute Gasteiger partial charge is 0.270 e. The molecule has 1 aliphatic rings. The average Bonchev–Trinajstić information content (AvgIpc) is 3.57. The number of anilines is 2. The summed E-state index contributed by atoms with van der Waals surface area (Å²) in [6.07, 6.45) is 4.97. The lowest BCUT2D eigenvalue weighted by molar-refractivity contribution is -0.126. The van der Waals surface area contributed by atoms with Crippen LogP contribution in [0.5, 0.6) is 0 Å². The van der Waals surface area contributed by atoms with Gasteiger partial charge in [0, 0.05) is 51.9 Å². The normalized spacial score (nSPS) is 15.6. The molecule has 3 heterocycles. The van der Waals surface area contributed by atoms with Crippen molar-refractivity contribution in [3.8, 4) is 0 Å². The molecule has 1 aliphatic heterocycles. The summed E-state index contributed by atoms with van der Waals surface area (Å²) in [5.41, 5.74) is 13.5. The summed E-state index contributed by atoms with van der Waals surface area (Å²) in [4.78, 5) is 47.1. The number of benzene rings is 1. The van der Waals surface area contributed by atoms with Crippen molar-refractivity contribution in [1.82, 2.24) is 19.6 Å². The van der Waals surface area contributed by atoms with Gasteiger partial charge < -0.3 is 31.3 Å². The molecule has 12 heteroatoms. The van der Waals surface area contributed by atoms with Gasteiger partial charge in [0.2, 0.25) is 5.91 Å². The number of ether oxygens (including phenoxy) is 1. The third-order valence-electron chi connectivity index (χ3n) is 6.31. The van der Waals surface area contributed by atoms with Crippen LogP contribution in [0.15, 0.2) is 48.8 Å². The molecule has 200 valence electrons. The van der Waals surface area contributed by atoms with E-state index in [-0.39, 0.29) is 34.8 Å². The minimum absolute atomic E-state index is 0.0320. The van der Waals surface area contributed by atoms with E-state index < -0.39 is 17.9 Å². The second-order valence-electron chi connectivity index (χ2n) is 9.20. The number of aromatic nitrogens is 2. The van der Waals surface area contributed by atoms with Crippen LogP contribution in [-0.2, 0) is 16.1 Å². The van der Waals surface area contributed by atoms with E-state index in [4.69, 9.17) is 16.2 Å². The number of hydrogen-bond acceptors (Lipinski definition) is 9. The Morgan fingerprint density at radius 2 is 1.97 bits per heavy atom. The van der Waals surface area contributed by atoms with Gasteiger partial charge in [-0.2, -0.15) is 4.37 Å². The maximum Gasteiger partial charge on any atom is 0.270 e. The summed E-state index contributed by atoms with van der Waals surface area (Å²) in [6, 6.07) is 9.96. The lowest BCUT2D eigenvalue weighted by Gasteiger charge is -2.32. The Kier molecular flexibility index (Phi) is 8.54. The monoisotopic (exact) mass is 537 g/mol. The molecule has 3 amide bonds. The van der Waals surface area contributed by atoms with E-state index in [1.807, 2.05) is 49.3 Å². The van der Waals surface area contributed by atoms with Gasteiger partial charge in [0.25, 0.3) is 11.8 Å². The number of pyridine rings is 1. The average molecular weight is 538 g/mol. The predicted molar refractivity (Wildman–Crippen MR) is 145 cm³/mol. The minimum atomic E-state index is -1.01. The quantitative estimate of drug-likeness (QED) is 0.354. The maximum atomic E-state index is 14.0. The molecule has 0 aliphatic carbocycles. The lowest BCUT2D eigenvalue weighted by atomic mass is 10.0. The number of nitrogens with zero attached hydrogens (tertiary/aromatic N) is 4. The number of hydrogen-bond donors (Lipinski definition) is 3. The van der Waals surface area contributed by atoms with Crippen LogP contribution in [0.2, 0.25) is 0 Å². The Labute approximate surface area is 224 Å². The van der Waals surface area contributed by atoms with Crippen molar-refractivity contribution < 1.29 is 19.1 Å². The van der Waals surface area contributed by atoms with Gasteiger partial charge in [0.05, 0.1) is 11.8 Å². The molecule has 0 saturated carbocycles. The predicted octanol–water partition coefficient (Wildman–Crippen LogP) is 1.96. The van der Waals surface area contributed by atoms with E-state index in [1.54, 1.807) is 18.5 Å². The first-order valence-corrected chi connectivity index (χ1v) is 12.9. The van der Waals surface area contributed by atoms with Crippen molar-refractivity contribution in [2.75, 3.05) is 37.9 Å². The summed E-state index contributed by atoms with van der Waals surface area (Å²) in [5.74, 6) is -1.75. The molecule has 0 radical (unpaired) electrons. The number of nitrogens with two attached hydrogens (primary N) is 2. The Bertz CT molecular complexity index is 1270. The van der Waals surface area contributed by atoms with E-state index in [0.29, 0.717) is 24.3 Å². The zero-order valence-electron chi connectivity index (χ0n) is 21.3. The van der Waals surface area contributed by atoms with E-state index in [0.717, 1.165) is 30.1 Å². The van der Waals surface area contributed by atoms with Crippen molar-refractivity contribution in [3.63, 3.8) is 0 Å². The summed E-state index contributed by atoms with van der Waals surface area (Å²) in [7, 11) is 3.84. The highest BCUT2D eigenvalue weighted by atomic mass is 32.1. The molecule has 38 heavy (non-hydrogen) atoms. The highest BCUT2D eigenvalue weighted by Gasteiger charge is 2.35. The molecule has 2 atom stereocenters. The molecule has 4 rings (SSSR count). The molecule has 0 spiro atoms. The number of nitrogen functional groups attached to an aromatic ring is 1. The van der Waals surface area contributed by atoms with E-state index >= 15 is 0 Å². The minimum Gasteiger partial charge on any atom is -0.395 e. The maximum absolute atomic E-state index is 14.0. The largest absolute Gasteiger partial charge is 0.395 e. The van der Waals surface area contributed by atoms with Gasteiger partial charge in [0.15, 0.2) is 5.69 Å². The van der Waals surface area contributed by atoms with Gasteiger partial charge in [-0.15, -0.1) is 0 Å². The van der Waals surface area contributed by atoms with Gasteiger partial charge in [-0.25, -0.2) is 0 Å². The third-order valence-corrected chi connectivity index (χ3v) is 7.16. The highest BCUT2D eigenvalue weighted by molar-refractivity contribution is 7.09. The Morgan fingerprint density at radius 1 is 1.21 bits per heavy atom. The van der Waals surface area contributed by atoms with Crippen LogP contribution in [0.1, 0.15) is 50.2 Å². The third kappa shape index (κ3) is 6.09. The molecule has 0 bridgehead atoms. The van der Waals surface area contributed by atoms with Crippen LogP contribution in [0, 0.1) is 0 Å². The van der Waals surface area contributed by atoms with Crippen LogP contribution in [0.25, 0.3) is 0 Å². The second-order valence-corrected chi connectivity index (χ2v) is 9.97. The van der Waals surface area contributed by atoms with Crippen molar-refractivity contribution >= 4 is 40.6 Å². The molecule has 3 aromatic rings. The van der Waals surface area contributed by atoms with Crippen LogP contribution in [0.4, 0.5) is 11.4 Å². The zero-order chi connectivity index (χ0) is 27.2. The Hall–Kier alpha value is -4.03. The Morgan fingerprint density at radius 3 is 2.55 bits per heavy atom. The number of amides is 3. The Balaban J connectivity index is 1.75. The summed E-state index contributed by atoms with van der Waals surface area (Å²) >= 11 is 0.775. The molecular formula is C26H31N7O4S. The van der Waals surface area contributed by atoms with Gasteiger partial charge in [0.1, 0.15) is 10.9 Å². The zero-order valence-corrected chi connectivity index (χ0v) is 22.1. The van der Waals surface area contributed by atoms with E-state index in [1.165, 1.54) is 4.90 Å². The van der Waals surface area contributed by atoms with Crippen LogP contribution < -0.4 is 21.7 Å². The van der Waals surface area contributed by atoms with Gasteiger partial charge in [-0.3, -0.25) is 19.4 Å². The van der Waals surface area contributed by atoms with E-state index in [2.05, 4.69) is 14.7 Å². The first-order chi connectivity index (χ1) is 18.3. The first-order valence-electron chi connectivity index (χ1n) is 12.2. The summed E-state index contributed by atoms with van der Waals surface area (Å²) in [6.45, 7) is 1.05. The molecule has 1 fully saturated rings. The number of primary amides is 1. The first kappa shape index (κ1) is 27.0. The van der Waals surface area contributed by atoms with Gasteiger partial charge in [-0.1, -0.05) is 18.2 Å². The number of rotatable bonds is 10. The SMILES string of the molecule is CN(C)c1ccc(C(C(=O)NCC2CCCO2)N(Cc2cccnc2)C(=O)c2snc(C(N)=O)c2N)cc1. The number of carbonyl (C=O) groups excluding carboxylic acids is 3.